The van der Waals surface area contributed by atoms with Gasteiger partial charge in [0, 0.05) is 23.1 Å². The molecule has 0 unspecified atom stereocenters. The van der Waals surface area contributed by atoms with Crippen LogP contribution < -0.4 is 10.5 Å². The molecule has 1 heterocycles. The smallest absolute Gasteiger partial charge is 0.221 e. The van der Waals surface area contributed by atoms with Crippen LogP contribution in [0.3, 0.4) is 0 Å². The highest BCUT2D eigenvalue weighted by molar-refractivity contribution is 5.91. The van der Waals surface area contributed by atoms with Gasteiger partial charge in [-0.15, -0.1) is 0 Å². The number of amides is 1. The summed E-state index contributed by atoms with van der Waals surface area (Å²) in [5, 5.41) is 1.00. The third-order valence-electron chi connectivity index (χ3n) is 4.94. The Hall–Kier alpha value is -3.53. The number of nitrogens with two attached hydrogens (primary N) is 1. The Kier molecular flexibility index (Phi) is 4.85. The van der Waals surface area contributed by atoms with E-state index in [-0.39, 0.29) is 12.3 Å². The van der Waals surface area contributed by atoms with Crippen molar-refractivity contribution in [3.05, 3.63) is 95.7 Å². The first kappa shape index (κ1) is 17.9. The molecule has 0 bridgehead atoms. The molecule has 0 fully saturated rings. The largest absolute Gasteiger partial charge is 0.457 e. The molecule has 1 aromatic heterocycles. The lowest BCUT2D eigenvalue weighted by Crippen LogP contribution is -2.14. The Morgan fingerprint density at radius 2 is 1.61 bits per heavy atom. The summed E-state index contributed by atoms with van der Waals surface area (Å²) in [5.74, 6) is 1.18. The normalized spacial score (nSPS) is 10.9. The first-order valence-electron chi connectivity index (χ1n) is 9.28. The summed E-state index contributed by atoms with van der Waals surface area (Å²) in [6, 6.07) is 26.0. The number of benzene rings is 3. The van der Waals surface area contributed by atoms with Crippen LogP contribution >= 0.6 is 0 Å². The summed E-state index contributed by atoms with van der Waals surface area (Å²) < 4.78 is 8.22. The Balaban J connectivity index is 1.79. The van der Waals surface area contributed by atoms with E-state index in [9.17, 15) is 4.79 Å². The lowest BCUT2D eigenvalue weighted by molar-refractivity contribution is -0.117. The molecular weight excluding hydrogens is 348 g/mol. The number of carbonyl (C=O) groups excluding carboxylic acids is 1. The van der Waals surface area contributed by atoms with E-state index in [1.54, 1.807) is 0 Å². The quantitative estimate of drug-likeness (QED) is 0.529. The molecular formula is C24H22N2O2. The second kappa shape index (κ2) is 7.61. The topological polar surface area (TPSA) is 57.3 Å². The molecule has 1 amide bonds. The summed E-state index contributed by atoms with van der Waals surface area (Å²) >= 11 is 0. The van der Waals surface area contributed by atoms with Crippen molar-refractivity contribution < 1.29 is 9.53 Å². The maximum atomic E-state index is 11.7. The van der Waals surface area contributed by atoms with E-state index in [1.165, 1.54) is 5.56 Å². The van der Waals surface area contributed by atoms with E-state index in [1.807, 2.05) is 73.7 Å². The first-order chi connectivity index (χ1) is 13.6. The van der Waals surface area contributed by atoms with Crippen molar-refractivity contribution >= 4 is 16.8 Å². The van der Waals surface area contributed by atoms with Crippen molar-refractivity contribution in [2.24, 2.45) is 5.73 Å². The monoisotopic (exact) mass is 370 g/mol. The molecule has 0 saturated heterocycles. The molecule has 0 saturated carbocycles. The van der Waals surface area contributed by atoms with Crippen molar-refractivity contribution in [2.75, 3.05) is 0 Å². The Labute approximate surface area is 164 Å². The van der Waals surface area contributed by atoms with Crippen LogP contribution in [-0.4, -0.2) is 10.5 Å². The van der Waals surface area contributed by atoms with Crippen molar-refractivity contribution in [3.63, 3.8) is 0 Å². The summed E-state index contributed by atoms with van der Waals surface area (Å²) in [7, 11) is 0. The zero-order valence-electron chi connectivity index (χ0n) is 15.8. The average Bonchev–Trinajstić information content (AvgIpc) is 2.94. The summed E-state index contributed by atoms with van der Waals surface area (Å²) in [6.45, 7) is 2.78. The molecule has 0 aliphatic rings. The zero-order chi connectivity index (χ0) is 19.5. The van der Waals surface area contributed by atoms with Gasteiger partial charge >= 0.3 is 0 Å². The van der Waals surface area contributed by atoms with Crippen molar-refractivity contribution in [2.45, 2.75) is 19.9 Å². The molecule has 2 N–H and O–H groups in total. The average molecular weight is 370 g/mol. The summed E-state index contributed by atoms with van der Waals surface area (Å²) in [4.78, 5) is 11.7. The van der Waals surface area contributed by atoms with Crippen molar-refractivity contribution in [1.29, 1.82) is 0 Å². The van der Waals surface area contributed by atoms with Gasteiger partial charge < -0.3 is 15.0 Å². The maximum Gasteiger partial charge on any atom is 0.221 e. The number of primary amides is 1. The predicted octanol–water partition coefficient (Wildman–Crippen LogP) is 4.82. The number of para-hydroxylation sites is 1. The number of rotatable bonds is 6. The summed E-state index contributed by atoms with van der Waals surface area (Å²) in [5.41, 5.74) is 9.81. The van der Waals surface area contributed by atoms with Gasteiger partial charge in [0.2, 0.25) is 5.91 Å². The molecule has 3 aromatic carbocycles. The minimum absolute atomic E-state index is 0.207. The minimum atomic E-state index is -0.337. The number of nitrogens with zero attached hydrogens (tertiary/aromatic N) is 1. The molecule has 0 aliphatic carbocycles. The molecule has 0 spiro atoms. The summed E-state index contributed by atoms with van der Waals surface area (Å²) in [6.07, 6.45) is 0.207. The standard InChI is InChI=1S/C24H22N2O2/c1-17-21(15-24(25)27)22-14-20(28-19-10-6-3-7-11-19)12-13-23(22)26(17)16-18-8-4-2-5-9-18/h2-14H,15-16H2,1H3,(H2,25,27). The lowest BCUT2D eigenvalue weighted by Gasteiger charge is -2.09. The van der Waals surface area contributed by atoms with Crippen LogP contribution in [0.2, 0.25) is 0 Å². The third-order valence-corrected chi connectivity index (χ3v) is 4.94. The van der Waals surface area contributed by atoms with Crippen LogP contribution in [0, 0.1) is 6.92 Å². The Bertz CT molecular complexity index is 1120. The van der Waals surface area contributed by atoms with Crippen molar-refractivity contribution in [1.82, 2.24) is 4.57 Å². The molecule has 0 aliphatic heterocycles. The fourth-order valence-corrected chi connectivity index (χ4v) is 3.59. The van der Waals surface area contributed by atoms with E-state index >= 15 is 0 Å². The maximum absolute atomic E-state index is 11.7. The molecule has 0 atom stereocenters. The van der Waals surface area contributed by atoms with Gasteiger partial charge in [0.05, 0.1) is 6.42 Å². The predicted molar refractivity (Wildman–Crippen MR) is 112 cm³/mol. The fraction of sp³-hybridized carbons (Fsp3) is 0.125. The highest BCUT2D eigenvalue weighted by Gasteiger charge is 2.17. The molecule has 4 heteroatoms. The van der Waals surface area contributed by atoms with Gasteiger partial charge in [-0.2, -0.15) is 0 Å². The SMILES string of the molecule is Cc1c(CC(N)=O)c2cc(Oc3ccccc3)ccc2n1Cc1ccccc1. The van der Waals surface area contributed by atoms with E-state index in [0.717, 1.165) is 40.2 Å². The van der Waals surface area contributed by atoms with Crippen LogP contribution in [0.25, 0.3) is 10.9 Å². The van der Waals surface area contributed by atoms with Gasteiger partial charge in [-0.1, -0.05) is 48.5 Å². The zero-order valence-corrected chi connectivity index (χ0v) is 15.8. The van der Waals surface area contributed by atoms with Gasteiger partial charge in [-0.05, 0) is 48.4 Å². The van der Waals surface area contributed by atoms with Gasteiger partial charge in [0.15, 0.2) is 0 Å². The number of fused-ring (bicyclic) bond motifs is 1. The van der Waals surface area contributed by atoms with E-state index in [4.69, 9.17) is 10.5 Å². The van der Waals surface area contributed by atoms with E-state index in [0.29, 0.717) is 0 Å². The number of hydrogen-bond acceptors (Lipinski definition) is 2. The molecule has 4 nitrogen and oxygen atoms in total. The number of aromatic nitrogens is 1. The molecule has 4 aromatic rings. The highest BCUT2D eigenvalue weighted by atomic mass is 16.5. The van der Waals surface area contributed by atoms with E-state index < -0.39 is 0 Å². The lowest BCUT2D eigenvalue weighted by atomic mass is 10.1. The van der Waals surface area contributed by atoms with Gasteiger partial charge in [-0.25, -0.2) is 0 Å². The second-order valence-corrected chi connectivity index (χ2v) is 6.87. The molecule has 0 radical (unpaired) electrons. The molecule has 4 rings (SSSR count). The highest BCUT2D eigenvalue weighted by Crippen LogP contribution is 2.32. The van der Waals surface area contributed by atoms with Crippen LogP contribution in [-0.2, 0) is 17.8 Å². The molecule has 28 heavy (non-hydrogen) atoms. The Morgan fingerprint density at radius 3 is 2.29 bits per heavy atom. The van der Waals surface area contributed by atoms with Gasteiger partial charge in [0.1, 0.15) is 11.5 Å². The van der Waals surface area contributed by atoms with E-state index in [2.05, 4.69) is 16.7 Å². The van der Waals surface area contributed by atoms with Crippen LogP contribution in [0.15, 0.2) is 78.9 Å². The van der Waals surface area contributed by atoms with Crippen LogP contribution in [0.4, 0.5) is 0 Å². The first-order valence-corrected chi connectivity index (χ1v) is 9.28. The minimum Gasteiger partial charge on any atom is -0.457 e. The van der Waals surface area contributed by atoms with Crippen LogP contribution in [0.1, 0.15) is 16.8 Å². The number of hydrogen-bond donors (Lipinski definition) is 1. The third kappa shape index (κ3) is 3.62. The van der Waals surface area contributed by atoms with Gasteiger partial charge in [0.25, 0.3) is 0 Å². The number of carbonyl (C=O) groups is 1. The second-order valence-electron chi connectivity index (χ2n) is 6.87. The molecule has 140 valence electrons. The number of ether oxygens (including phenoxy) is 1. The Morgan fingerprint density at radius 1 is 0.929 bits per heavy atom. The van der Waals surface area contributed by atoms with Crippen LogP contribution in [0.5, 0.6) is 11.5 Å². The fourth-order valence-electron chi connectivity index (χ4n) is 3.59. The van der Waals surface area contributed by atoms with Gasteiger partial charge in [-0.3, -0.25) is 4.79 Å². The van der Waals surface area contributed by atoms with Crippen molar-refractivity contribution in [3.8, 4) is 11.5 Å².